The Balaban J connectivity index is 1.49. The van der Waals surface area contributed by atoms with Crippen LogP contribution in [0.2, 0.25) is 5.02 Å². The van der Waals surface area contributed by atoms with E-state index in [1.807, 2.05) is 30.5 Å². The molecule has 0 amide bonds. The van der Waals surface area contributed by atoms with Gasteiger partial charge in [-0.1, -0.05) is 18.5 Å². The number of pyridine rings is 1. The Labute approximate surface area is 143 Å². The van der Waals surface area contributed by atoms with Crippen molar-refractivity contribution in [2.24, 2.45) is 0 Å². The summed E-state index contributed by atoms with van der Waals surface area (Å²) in [5, 5.41) is 5.38. The van der Waals surface area contributed by atoms with Crippen molar-refractivity contribution >= 4 is 28.2 Å². The highest BCUT2D eigenvalue weighted by Gasteiger charge is 2.14. The summed E-state index contributed by atoms with van der Waals surface area (Å²) in [6.07, 6.45) is 3.00. The van der Waals surface area contributed by atoms with E-state index in [1.165, 1.54) is 32.7 Å². The molecule has 0 bridgehead atoms. The summed E-state index contributed by atoms with van der Waals surface area (Å²) in [5.41, 5.74) is 2.10. The number of halogens is 1. The largest absolute Gasteiger partial charge is 0.384 e. The Morgan fingerprint density at radius 1 is 1.13 bits per heavy atom. The molecule has 1 saturated heterocycles. The van der Waals surface area contributed by atoms with Crippen molar-refractivity contribution in [3.8, 4) is 0 Å². The molecule has 0 spiro atoms. The first kappa shape index (κ1) is 16.5. The van der Waals surface area contributed by atoms with Gasteiger partial charge < -0.3 is 15.1 Å². The van der Waals surface area contributed by atoms with E-state index in [9.17, 15) is 0 Å². The quantitative estimate of drug-likeness (QED) is 0.822. The van der Waals surface area contributed by atoms with Gasteiger partial charge in [0, 0.05) is 55.0 Å². The zero-order chi connectivity index (χ0) is 16.1. The molecule has 0 atom stereocenters. The third-order valence-electron chi connectivity index (χ3n) is 4.58. The van der Waals surface area contributed by atoms with Crippen LogP contribution in [0.4, 0.5) is 5.69 Å². The number of aromatic nitrogens is 1. The number of anilines is 1. The van der Waals surface area contributed by atoms with Crippen LogP contribution in [0.25, 0.3) is 10.9 Å². The van der Waals surface area contributed by atoms with E-state index in [0.29, 0.717) is 0 Å². The Morgan fingerprint density at radius 2 is 1.91 bits per heavy atom. The van der Waals surface area contributed by atoms with Crippen molar-refractivity contribution in [2.45, 2.75) is 13.3 Å². The predicted molar refractivity (Wildman–Crippen MR) is 98.4 cm³/mol. The fourth-order valence-electron chi connectivity index (χ4n) is 3.13. The molecule has 5 heteroatoms. The molecule has 1 fully saturated rings. The molecule has 1 aromatic carbocycles. The second-order valence-corrected chi connectivity index (χ2v) is 6.51. The van der Waals surface area contributed by atoms with E-state index in [-0.39, 0.29) is 0 Å². The molecule has 124 valence electrons. The minimum absolute atomic E-state index is 0.752. The van der Waals surface area contributed by atoms with Crippen molar-refractivity contribution in [3.63, 3.8) is 0 Å². The number of hydrogen-bond donors (Lipinski definition) is 1. The molecule has 0 saturated carbocycles. The lowest BCUT2D eigenvalue weighted by Gasteiger charge is -2.34. The first-order valence-corrected chi connectivity index (χ1v) is 8.87. The number of rotatable bonds is 6. The average molecular weight is 333 g/mol. The second-order valence-electron chi connectivity index (χ2n) is 6.08. The molecule has 2 heterocycles. The highest BCUT2D eigenvalue weighted by Crippen LogP contribution is 2.24. The van der Waals surface area contributed by atoms with Gasteiger partial charge in [-0.3, -0.25) is 4.98 Å². The van der Waals surface area contributed by atoms with Crippen molar-refractivity contribution < 1.29 is 0 Å². The molecule has 1 N–H and O–H groups in total. The highest BCUT2D eigenvalue weighted by atomic mass is 35.5. The maximum Gasteiger partial charge on any atom is 0.0723 e. The smallest absolute Gasteiger partial charge is 0.0723 e. The number of hydrogen-bond acceptors (Lipinski definition) is 4. The van der Waals surface area contributed by atoms with Crippen LogP contribution in [0.1, 0.15) is 13.3 Å². The molecular formula is C18H25ClN4. The predicted octanol–water partition coefficient (Wildman–Crippen LogP) is 3.33. The number of benzene rings is 1. The van der Waals surface area contributed by atoms with Crippen LogP contribution < -0.4 is 5.32 Å². The Bertz CT molecular complexity index is 638. The third kappa shape index (κ3) is 4.34. The third-order valence-corrected chi connectivity index (χ3v) is 4.82. The van der Waals surface area contributed by atoms with Gasteiger partial charge in [-0.2, -0.15) is 0 Å². The molecule has 1 aliphatic rings. The van der Waals surface area contributed by atoms with E-state index in [1.54, 1.807) is 0 Å². The molecular weight excluding hydrogens is 308 g/mol. The van der Waals surface area contributed by atoms with Crippen LogP contribution in [-0.2, 0) is 0 Å². The molecule has 4 nitrogen and oxygen atoms in total. The monoisotopic (exact) mass is 332 g/mol. The van der Waals surface area contributed by atoms with Gasteiger partial charge in [-0.15, -0.1) is 0 Å². The maximum atomic E-state index is 6.11. The SMILES string of the molecule is CCN1CCN(CCCNc2ccnc3ccc(Cl)cc23)CC1. The number of nitrogens with one attached hydrogen (secondary N) is 1. The Morgan fingerprint density at radius 3 is 2.70 bits per heavy atom. The average Bonchev–Trinajstić information content (AvgIpc) is 2.59. The Kier molecular flexibility index (Phi) is 5.70. The van der Waals surface area contributed by atoms with Crippen LogP contribution in [0, 0.1) is 0 Å². The standard InChI is InChI=1S/C18H25ClN4/c1-2-22-10-12-23(13-11-22)9-3-7-20-18-6-8-21-17-5-4-15(19)14-16(17)18/h4-6,8,14H,2-3,7,9-13H2,1H3,(H,20,21). The fraction of sp³-hybridized carbons (Fsp3) is 0.500. The number of nitrogens with zero attached hydrogens (tertiary/aromatic N) is 3. The van der Waals surface area contributed by atoms with Gasteiger partial charge in [0.25, 0.3) is 0 Å². The summed E-state index contributed by atoms with van der Waals surface area (Å²) >= 11 is 6.11. The molecule has 0 aliphatic carbocycles. The van der Waals surface area contributed by atoms with Gasteiger partial charge >= 0.3 is 0 Å². The minimum atomic E-state index is 0.752. The summed E-state index contributed by atoms with van der Waals surface area (Å²) in [6.45, 7) is 10.4. The lowest BCUT2D eigenvalue weighted by atomic mass is 10.2. The molecule has 1 aliphatic heterocycles. The Hall–Kier alpha value is -1.36. The van der Waals surface area contributed by atoms with Crippen LogP contribution in [0.5, 0.6) is 0 Å². The van der Waals surface area contributed by atoms with E-state index in [2.05, 4.69) is 27.0 Å². The van der Waals surface area contributed by atoms with Crippen molar-refractivity contribution in [3.05, 3.63) is 35.5 Å². The molecule has 2 aromatic rings. The fourth-order valence-corrected chi connectivity index (χ4v) is 3.30. The number of likely N-dealkylation sites (N-methyl/N-ethyl adjacent to an activating group) is 1. The second kappa shape index (κ2) is 7.95. The zero-order valence-electron chi connectivity index (χ0n) is 13.8. The first-order chi connectivity index (χ1) is 11.3. The topological polar surface area (TPSA) is 31.4 Å². The normalized spacial score (nSPS) is 16.8. The maximum absolute atomic E-state index is 6.11. The highest BCUT2D eigenvalue weighted by molar-refractivity contribution is 6.31. The minimum Gasteiger partial charge on any atom is -0.384 e. The van der Waals surface area contributed by atoms with Gasteiger partial charge in [0.1, 0.15) is 0 Å². The van der Waals surface area contributed by atoms with E-state index < -0.39 is 0 Å². The van der Waals surface area contributed by atoms with Gasteiger partial charge in [-0.25, -0.2) is 0 Å². The van der Waals surface area contributed by atoms with Crippen LogP contribution in [0.3, 0.4) is 0 Å². The van der Waals surface area contributed by atoms with E-state index in [4.69, 9.17) is 11.6 Å². The lowest BCUT2D eigenvalue weighted by molar-refractivity contribution is 0.137. The molecule has 0 unspecified atom stereocenters. The van der Waals surface area contributed by atoms with Crippen LogP contribution in [-0.4, -0.2) is 60.6 Å². The summed E-state index contributed by atoms with van der Waals surface area (Å²) < 4.78 is 0. The molecule has 3 rings (SSSR count). The summed E-state index contributed by atoms with van der Waals surface area (Å²) in [4.78, 5) is 9.47. The van der Waals surface area contributed by atoms with Gasteiger partial charge in [0.15, 0.2) is 0 Å². The molecule has 0 radical (unpaired) electrons. The number of piperazine rings is 1. The van der Waals surface area contributed by atoms with Crippen molar-refractivity contribution in [1.82, 2.24) is 14.8 Å². The van der Waals surface area contributed by atoms with E-state index >= 15 is 0 Å². The summed E-state index contributed by atoms with van der Waals surface area (Å²) in [6, 6.07) is 7.86. The summed E-state index contributed by atoms with van der Waals surface area (Å²) in [7, 11) is 0. The van der Waals surface area contributed by atoms with Crippen LogP contribution >= 0.6 is 11.6 Å². The zero-order valence-corrected chi connectivity index (χ0v) is 14.5. The van der Waals surface area contributed by atoms with Crippen LogP contribution in [0.15, 0.2) is 30.5 Å². The molecule has 23 heavy (non-hydrogen) atoms. The van der Waals surface area contributed by atoms with Gasteiger partial charge in [-0.05, 0) is 43.8 Å². The van der Waals surface area contributed by atoms with Crippen molar-refractivity contribution in [1.29, 1.82) is 0 Å². The lowest BCUT2D eigenvalue weighted by Crippen LogP contribution is -2.46. The first-order valence-electron chi connectivity index (χ1n) is 8.49. The van der Waals surface area contributed by atoms with Gasteiger partial charge in [0.2, 0.25) is 0 Å². The van der Waals surface area contributed by atoms with Crippen molar-refractivity contribution in [2.75, 3.05) is 51.1 Å². The van der Waals surface area contributed by atoms with E-state index in [0.717, 1.165) is 41.1 Å². The number of fused-ring (bicyclic) bond motifs is 1. The van der Waals surface area contributed by atoms with Gasteiger partial charge in [0.05, 0.1) is 5.52 Å². The summed E-state index contributed by atoms with van der Waals surface area (Å²) in [5.74, 6) is 0. The molecule has 1 aromatic heterocycles.